The lowest BCUT2D eigenvalue weighted by Gasteiger charge is -2.38. The fourth-order valence-electron chi connectivity index (χ4n) is 4.66. The van der Waals surface area contributed by atoms with Crippen LogP contribution in [-0.4, -0.2) is 61.3 Å². The second-order valence-corrected chi connectivity index (χ2v) is 6.47. The van der Waals surface area contributed by atoms with Crippen LogP contribution >= 0.6 is 0 Å². The predicted molar refractivity (Wildman–Crippen MR) is 62.4 cm³/mol. The van der Waals surface area contributed by atoms with Crippen molar-refractivity contribution in [3.8, 4) is 0 Å². The van der Waals surface area contributed by atoms with Gasteiger partial charge in [-0.05, 0) is 45.3 Å². The van der Waals surface area contributed by atoms with Crippen molar-refractivity contribution in [1.29, 1.82) is 0 Å². The first-order chi connectivity index (χ1) is 7.70. The van der Waals surface area contributed by atoms with Crippen molar-refractivity contribution in [3.05, 3.63) is 0 Å². The van der Waals surface area contributed by atoms with Gasteiger partial charge in [0.15, 0.2) is 0 Å². The summed E-state index contributed by atoms with van der Waals surface area (Å²) >= 11 is 0. The molecule has 0 radical (unpaired) electrons. The van der Waals surface area contributed by atoms with Crippen molar-refractivity contribution in [2.45, 2.75) is 36.9 Å². The number of piperidine rings is 1. The highest BCUT2D eigenvalue weighted by Crippen LogP contribution is 2.56. The maximum absolute atomic E-state index is 5.85. The first kappa shape index (κ1) is 9.86. The van der Waals surface area contributed by atoms with Crippen molar-refractivity contribution < 1.29 is 4.74 Å². The molecule has 0 bridgehead atoms. The molecule has 1 aliphatic carbocycles. The zero-order chi connectivity index (χ0) is 10.9. The van der Waals surface area contributed by atoms with Crippen molar-refractivity contribution in [3.63, 3.8) is 0 Å². The summed E-state index contributed by atoms with van der Waals surface area (Å²) in [6.07, 6.45) is 4.03. The van der Waals surface area contributed by atoms with Gasteiger partial charge < -0.3 is 14.5 Å². The molecule has 16 heavy (non-hydrogen) atoms. The van der Waals surface area contributed by atoms with Crippen molar-refractivity contribution in [2.75, 3.05) is 33.8 Å². The molecular formula is C13H22N2O. The zero-order valence-electron chi connectivity index (χ0n) is 10.4. The van der Waals surface area contributed by atoms with Crippen molar-refractivity contribution in [2.24, 2.45) is 11.8 Å². The number of nitrogens with zero attached hydrogens (tertiary/aromatic N) is 2. The normalized spacial score (nSPS) is 56.6. The molecule has 5 atom stereocenters. The summed E-state index contributed by atoms with van der Waals surface area (Å²) in [5.41, 5.74) is 0.273. The number of ether oxygens (including phenoxy) is 1. The van der Waals surface area contributed by atoms with Crippen molar-refractivity contribution in [1.82, 2.24) is 9.80 Å². The maximum atomic E-state index is 5.85. The van der Waals surface area contributed by atoms with E-state index in [0.29, 0.717) is 0 Å². The van der Waals surface area contributed by atoms with Crippen LogP contribution in [0.3, 0.4) is 0 Å². The standard InChI is InChI=1S/C13H22N2O/c1-14-5-3-9-11(12(9)14)10-7-13(4-6-16-13)8-15(10)2/h9-12H,3-8H2,1-2H3. The molecule has 4 aliphatic rings. The zero-order valence-corrected chi connectivity index (χ0v) is 10.4. The van der Waals surface area contributed by atoms with Gasteiger partial charge in [0, 0.05) is 25.0 Å². The molecule has 0 aromatic carbocycles. The van der Waals surface area contributed by atoms with E-state index in [1.165, 1.54) is 32.4 Å². The third-order valence-corrected chi connectivity index (χ3v) is 5.61. The lowest BCUT2D eigenvalue weighted by molar-refractivity contribution is -0.137. The summed E-state index contributed by atoms with van der Waals surface area (Å²) in [5, 5.41) is 0. The number of likely N-dealkylation sites (N-methyl/N-ethyl adjacent to an activating group) is 1. The highest BCUT2D eigenvalue weighted by Gasteiger charge is 2.63. The van der Waals surface area contributed by atoms with Gasteiger partial charge in [-0.1, -0.05) is 0 Å². The molecule has 1 saturated carbocycles. The first-order valence-electron chi connectivity index (χ1n) is 6.75. The van der Waals surface area contributed by atoms with Crippen LogP contribution in [0.1, 0.15) is 19.3 Å². The lowest BCUT2D eigenvalue weighted by Crippen LogP contribution is -2.45. The minimum absolute atomic E-state index is 0.273. The minimum Gasteiger partial charge on any atom is -0.373 e. The Balaban J connectivity index is 1.49. The van der Waals surface area contributed by atoms with Gasteiger partial charge in [0.2, 0.25) is 0 Å². The summed E-state index contributed by atoms with van der Waals surface area (Å²) in [6.45, 7) is 3.50. The summed E-state index contributed by atoms with van der Waals surface area (Å²) in [6, 6.07) is 1.71. The Morgan fingerprint density at radius 2 is 2.06 bits per heavy atom. The highest BCUT2D eigenvalue weighted by molar-refractivity contribution is 5.16. The number of rotatable bonds is 1. The van der Waals surface area contributed by atoms with Gasteiger partial charge in [-0.3, -0.25) is 0 Å². The number of likely N-dealkylation sites (tertiary alicyclic amines) is 2. The summed E-state index contributed by atoms with van der Waals surface area (Å²) < 4.78 is 5.85. The Kier molecular flexibility index (Phi) is 1.85. The molecule has 3 saturated heterocycles. The molecule has 1 spiro atoms. The molecule has 4 fully saturated rings. The molecule has 0 aromatic heterocycles. The van der Waals surface area contributed by atoms with Crippen LogP contribution in [-0.2, 0) is 4.74 Å². The molecule has 4 rings (SSSR count). The van der Waals surface area contributed by atoms with Crippen molar-refractivity contribution >= 4 is 0 Å². The van der Waals surface area contributed by atoms with Crippen LogP contribution in [0.2, 0.25) is 0 Å². The van der Waals surface area contributed by atoms with Gasteiger partial charge in [-0.25, -0.2) is 0 Å². The first-order valence-corrected chi connectivity index (χ1v) is 6.75. The molecule has 0 N–H and O–H groups in total. The van der Waals surface area contributed by atoms with Gasteiger partial charge in [-0.15, -0.1) is 0 Å². The summed E-state index contributed by atoms with van der Waals surface area (Å²) in [4.78, 5) is 5.16. The van der Waals surface area contributed by atoms with Gasteiger partial charge in [0.25, 0.3) is 0 Å². The average Bonchev–Trinajstić information content (AvgIpc) is 2.62. The monoisotopic (exact) mass is 222 g/mol. The van der Waals surface area contributed by atoms with E-state index in [1.54, 1.807) is 0 Å². The van der Waals surface area contributed by atoms with E-state index in [1.807, 2.05) is 0 Å². The molecule has 5 unspecified atom stereocenters. The fraction of sp³-hybridized carbons (Fsp3) is 1.00. The molecule has 0 amide bonds. The molecule has 3 nitrogen and oxygen atoms in total. The number of fused-ring (bicyclic) bond motifs is 1. The minimum atomic E-state index is 0.273. The number of hydrogen-bond acceptors (Lipinski definition) is 3. The topological polar surface area (TPSA) is 15.7 Å². The van der Waals surface area contributed by atoms with Crippen LogP contribution in [0, 0.1) is 11.8 Å². The van der Waals surface area contributed by atoms with E-state index in [4.69, 9.17) is 4.74 Å². The SMILES string of the molecule is CN1CC2(CCO2)CC1C1C2CCN(C)C21. The Hall–Kier alpha value is -0.120. The van der Waals surface area contributed by atoms with E-state index in [0.717, 1.165) is 30.5 Å². The van der Waals surface area contributed by atoms with Crippen LogP contribution in [0.5, 0.6) is 0 Å². The van der Waals surface area contributed by atoms with Crippen LogP contribution < -0.4 is 0 Å². The van der Waals surface area contributed by atoms with Gasteiger partial charge in [-0.2, -0.15) is 0 Å². The van der Waals surface area contributed by atoms with E-state index in [9.17, 15) is 0 Å². The third-order valence-electron chi connectivity index (χ3n) is 5.61. The Bertz CT molecular complexity index is 315. The van der Waals surface area contributed by atoms with Crippen LogP contribution in [0.4, 0.5) is 0 Å². The molecule has 3 heterocycles. The largest absolute Gasteiger partial charge is 0.373 e. The molecule has 3 heteroatoms. The summed E-state index contributed by atoms with van der Waals surface area (Å²) in [7, 11) is 4.60. The molecule has 90 valence electrons. The molecule has 3 aliphatic heterocycles. The Morgan fingerprint density at radius 1 is 1.25 bits per heavy atom. The van der Waals surface area contributed by atoms with Crippen LogP contribution in [0.25, 0.3) is 0 Å². The lowest BCUT2D eigenvalue weighted by atomic mass is 9.90. The van der Waals surface area contributed by atoms with E-state index in [2.05, 4.69) is 23.9 Å². The second kappa shape index (κ2) is 3.01. The van der Waals surface area contributed by atoms with Crippen LogP contribution in [0.15, 0.2) is 0 Å². The quantitative estimate of drug-likeness (QED) is 0.653. The smallest absolute Gasteiger partial charge is 0.0845 e. The average molecular weight is 222 g/mol. The molecule has 0 aromatic rings. The highest BCUT2D eigenvalue weighted by atomic mass is 16.5. The van der Waals surface area contributed by atoms with Gasteiger partial charge in [0.05, 0.1) is 12.2 Å². The predicted octanol–water partition coefficient (Wildman–Crippen LogP) is 0.800. The molecular weight excluding hydrogens is 200 g/mol. The van der Waals surface area contributed by atoms with E-state index in [-0.39, 0.29) is 5.60 Å². The summed E-state index contributed by atoms with van der Waals surface area (Å²) in [5.74, 6) is 1.96. The fourth-order valence-corrected chi connectivity index (χ4v) is 4.66. The number of hydrogen-bond donors (Lipinski definition) is 0. The Morgan fingerprint density at radius 3 is 2.56 bits per heavy atom. The van der Waals surface area contributed by atoms with E-state index >= 15 is 0 Å². The Labute approximate surface area is 97.7 Å². The second-order valence-electron chi connectivity index (χ2n) is 6.47. The maximum Gasteiger partial charge on any atom is 0.0845 e. The van der Waals surface area contributed by atoms with Gasteiger partial charge >= 0.3 is 0 Å². The van der Waals surface area contributed by atoms with Gasteiger partial charge in [0.1, 0.15) is 0 Å². The van der Waals surface area contributed by atoms with E-state index < -0.39 is 0 Å². The third kappa shape index (κ3) is 1.14.